The average Bonchev–Trinajstić information content (AvgIpc) is 2.54. The Morgan fingerprint density at radius 1 is 1.00 bits per heavy atom. The first-order chi connectivity index (χ1) is 11.0. The lowest BCUT2D eigenvalue weighted by atomic mass is 10.2. The van der Waals surface area contributed by atoms with E-state index in [0.29, 0.717) is 12.5 Å². The Kier molecular flexibility index (Phi) is 6.03. The summed E-state index contributed by atoms with van der Waals surface area (Å²) in [5.74, 6) is 1.26. The molecule has 0 bridgehead atoms. The lowest BCUT2D eigenvalue weighted by molar-refractivity contribution is -0.114. The van der Waals surface area contributed by atoms with Crippen molar-refractivity contribution in [3.8, 4) is 5.75 Å². The van der Waals surface area contributed by atoms with Crippen LogP contribution < -0.4 is 15.4 Å². The lowest BCUT2D eigenvalue weighted by Crippen LogP contribution is -2.21. The van der Waals surface area contributed by atoms with Gasteiger partial charge in [-0.05, 0) is 49.2 Å². The molecule has 0 unspecified atom stereocenters. The van der Waals surface area contributed by atoms with Crippen LogP contribution in [0.5, 0.6) is 5.75 Å². The molecule has 2 aromatic rings. The highest BCUT2D eigenvalue weighted by Gasteiger charge is 2.03. The van der Waals surface area contributed by atoms with E-state index in [2.05, 4.69) is 24.5 Å². The van der Waals surface area contributed by atoms with E-state index < -0.39 is 0 Å². The molecular weight excluding hydrogens is 288 g/mol. The molecule has 0 saturated carbocycles. The zero-order chi connectivity index (χ0) is 16.7. The zero-order valence-corrected chi connectivity index (χ0v) is 13.9. The minimum absolute atomic E-state index is 0.0750. The molecule has 0 aromatic heterocycles. The second-order valence-electron chi connectivity index (χ2n) is 6.00. The minimum Gasteiger partial charge on any atom is -0.493 e. The summed E-state index contributed by atoms with van der Waals surface area (Å²) in [5, 5.41) is 5.96. The van der Waals surface area contributed by atoms with Gasteiger partial charge in [0.15, 0.2) is 0 Å². The summed E-state index contributed by atoms with van der Waals surface area (Å²) >= 11 is 0. The van der Waals surface area contributed by atoms with Crippen LogP contribution in [0.2, 0.25) is 0 Å². The van der Waals surface area contributed by atoms with Crippen molar-refractivity contribution in [2.45, 2.75) is 20.8 Å². The minimum atomic E-state index is -0.0750. The van der Waals surface area contributed by atoms with Gasteiger partial charge >= 0.3 is 0 Å². The predicted molar refractivity (Wildman–Crippen MR) is 95.1 cm³/mol. The van der Waals surface area contributed by atoms with Crippen LogP contribution in [0.15, 0.2) is 48.5 Å². The van der Waals surface area contributed by atoms with E-state index in [0.717, 1.165) is 17.1 Å². The number of carbonyl (C=O) groups is 1. The summed E-state index contributed by atoms with van der Waals surface area (Å²) in [5.41, 5.74) is 2.86. The van der Waals surface area contributed by atoms with Crippen LogP contribution in [-0.2, 0) is 4.79 Å². The number of rotatable bonds is 7. The molecule has 4 nitrogen and oxygen atoms in total. The van der Waals surface area contributed by atoms with Crippen molar-refractivity contribution in [3.05, 3.63) is 54.1 Å². The maximum absolute atomic E-state index is 11.9. The second-order valence-corrected chi connectivity index (χ2v) is 6.00. The molecule has 0 spiro atoms. The molecule has 0 radical (unpaired) electrons. The molecule has 0 aliphatic heterocycles. The summed E-state index contributed by atoms with van der Waals surface area (Å²) in [4.78, 5) is 11.9. The Balaban J connectivity index is 1.78. The first-order valence-corrected chi connectivity index (χ1v) is 7.86. The second kappa shape index (κ2) is 8.22. The van der Waals surface area contributed by atoms with Crippen molar-refractivity contribution in [3.63, 3.8) is 0 Å². The van der Waals surface area contributed by atoms with Gasteiger partial charge in [-0.3, -0.25) is 4.79 Å². The van der Waals surface area contributed by atoms with Gasteiger partial charge in [0.05, 0.1) is 13.2 Å². The van der Waals surface area contributed by atoms with Crippen LogP contribution in [0.3, 0.4) is 0 Å². The molecule has 1 amide bonds. The number of benzene rings is 2. The Hall–Kier alpha value is -2.49. The number of carbonyl (C=O) groups excluding carboxylic acids is 1. The number of hydrogen-bond acceptors (Lipinski definition) is 3. The van der Waals surface area contributed by atoms with E-state index in [4.69, 9.17) is 4.74 Å². The molecule has 2 rings (SSSR count). The molecule has 2 N–H and O–H groups in total. The standard InChI is InChI=1S/C19H24N2O2/c1-14(2)13-23-18-10-8-16(9-11-18)20-12-19(22)21-17-6-4-15(3)5-7-17/h4-11,14,20H,12-13H2,1-3H3,(H,21,22). The molecule has 23 heavy (non-hydrogen) atoms. The normalized spacial score (nSPS) is 10.4. The van der Waals surface area contributed by atoms with E-state index in [9.17, 15) is 4.79 Å². The van der Waals surface area contributed by atoms with E-state index in [1.807, 2.05) is 55.5 Å². The molecule has 0 aliphatic rings. The van der Waals surface area contributed by atoms with E-state index >= 15 is 0 Å². The van der Waals surface area contributed by atoms with Crippen molar-refractivity contribution < 1.29 is 9.53 Å². The van der Waals surface area contributed by atoms with Crippen molar-refractivity contribution in [2.75, 3.05) is 23.8 Å². The van der Waals surface area contributed by atoms with Gasteiger partial charge in [-0.15, -0.1) is 0 Å². The quantitative estimate of drug-likeness (QED) is 0.810. The molecule has 0 fully saturated rings. The first kappa shape index (κ1) is 16.9. The highest BCUT2D eigenvalue weighted by atomic mass is 16.5. The maximum Gasteiger partial charge on any atom is 0.243 e. The van der Waals surface area contributed by atoms with Crippen molar-refractivity contribution in [2.24, 2.45) is 5.92 Å². The largest absolute Gasteiger partial charge is 0.493 e. The fraction of sp³-hybridized carbons (Fsp3) is 0.316. The van der Waals surface area contributed by atoms with Crippen molar-refractivity contribution >= 4 is 17.3 Å². The molecule has 4 heteroatoms. The van der Waals surface area contributed by atoms with Gasteiger partial charge in [0.25, 0.3) is 0 Å². The van der Waals surface area contributed by atoms with Crippen LogP contribution in [0.1, 0.15) is 19.4 Å². The molecule has 2 aromatic carbocycles. The third-order valence-electron chi connectivity index (χ3n) is 3.23. The van der Waals surface area contributed by atoms with Crippen LogP contribution in [0.4, 0.5) is 11.4 Å². The topological polar surface area (TPSA) is 50.4 Å². The van der Waals surface area contributed by atoms with Gasteiger partial charge in [0.2, 0.25) is 5.91 Å². The highest BCUT2D eigenvalue weighted by molar-refractivity contribution is 5.93. The number of amides is 1. The summed E-state index contributed by atoms with van der Waals surface area (Å²) in [7, 11) is 0. The average molecular weight is 312 g/mol. The molecule has 122 valence electrons. The molecule has 0 atom stereocenters. The Morgan fingerprint density at radius 2 is 1.61 bits per heavy atom. The molecule has 0 heterocycles. The first-order valence-electron chi connectivity index (χ1n) is 7.86. The van der Waals surface area contributed by atoms with Gasteiger partial charge in [-0.25, -0.2) is 0 Å². The Bertz CT molecular complexity index is 619. The Labute approximate surface area is 137 Å². The van der Waals surface area contributed by atoms with E-state index in [-0.39, 0.29) is 12.5 Å². The van der Waals surface area contributed by atoms with Crippen LogP contribution >= 0.6 is 0 Å². The van der Waals surface area contributed by atoms with Crippen molar-refractivity contribution in [1.29, 1.82) is 0 Å². The molecule has 0 aliphatic carbocycles. The van der Waals surface area contributed by atoms with Crippen LogP contribution in [0.25, 0.3) is 0 Å². The highest BCUT2D eigenvalue weighted by Crippen LogP contribution is 2.16. The van der Waals surface area contributed by atoms with Gasteiger partial charge in [0.1, 0.15) is 5.75 Å². The number of aryl methyl sites for hydroxylation is 1. The van der Waals surface area contributed by atoms with Gasteiger partial charge in [-0.1, -0.05) is 31.5 Å². The van der Waals surface area contributed by atoms with Gasteiger partial charge < -0.3 is 15.4 Å². The third kappa shape index (κ3) is 6.02. The summed E-state index contributed by atoms with van der Waals surface area (Å²) in [6, 6.07) is 15.4. The fourth-order valence-corrected chi connectivity index (χ4v) is 1.96. The summed E-state index contributed by atoms with van der Waals surface area (Å²) < 4.78 is 5.63. The lowest BCUT2D eigenvalue weighted by Gasteiger charge is -2.10. The third-order valence-corrected chi connectivity index (χ3v) is 3.23. The number of hydrogen-bond donors (Lipinski definition) is 2. The van der Waals surface area contributed by atoms with E-state index in [1.165, 1.54) is 5.56 Å². The van der Waals surface area contributed by atoms with Crippen LogP contribution in [0, 0.1) is 12.8 Å². The fourth-order valence-electron chi connectivity index (χ4n) is 1.96. The maximum atomic E-state index is 11.9. The molecular formula is C19H24N2O2. The number of nitrogens with one attached hydrogen (secondary N) is 2. The summed E-state index contributed by atoms with van der Waals surface area (Å²) in [6.45, 7) is 7.17. The number of anilines is 2. The Morgan fingerprint density at radius 3 is 2.22 bits per heavy atom. The SMILES string of the molecule is Cc1ccc(NC(=O)CNc2ccc(OCC(C)C)cc2)cc1. The molecule has 0 saturated heterocycles. The van der Waals surface area contributed by atoms with Gasteiger partial charge in [0, 0.05) is 11.4 Å². The number of ether oxygens (including phenoxy) is 1. The van der Waals surface area contributed by atoms with E-state index in [1.54, 1.807) is 0 Å². The smallest absolute Gasteiger partial charge is 0.243 e. The van der Waals surface area contributed by atoms with Crippen LogP contribution in [-0.4, -0.2) is 19.1 Å². The van der Waals surface area contributed by atoms with Crippen molar-refractivity contribution in [1.82, 2.24) is 0 Å². The zero-order valence-electron chi connectivity index (χ0n) is 13.9. The predicted octanol–water partition coefficient (Wildman–Crippen LogP) is 4.08. The monoisotopic (exact) mass is 312 g/mol. The summed E-state index contributed by atoms with van der Waals surface area (Å²) in [6.07, 6.45) is 0. The van der Waals surface area contributed by atoms with Gasteiger partial charge in [-0.2, -0.15) is 0 Å².